The Balaban J connectivity index is 1.81. The molecule has 1 aromatic rings. The van der Waals surface area contributed by atoms with E-state index in [1.807, 2.05) is 0 Å². The van der Waals surface area contributed by atoms with Crippen LogP contribution in [0.1, 0.15) is 12.8 Å². The van der Waals surface area contributed by atoms with Crippen LogP contribution in [0.25, 0.3) is 0 Å². The van der Waals surface area contributed by atoms with Crippen molar-refractivity contribution in [1.82, 2.24) is 9.62 Å². The van der Waals surface area contributed by atoms with Crippen LogP contribution in [-0.4, -0.2) is 57.1 Å². The number of benzene rings is 1. The average molecular weight is 356 g/mol. The van der Waals surface area contributed by atoms with E-state index in [1.165, 1.54) is 0 Å². The highest BCUT2D eigenvalue weighted by Gasteiger charge is 2.41. The van der Waals surface area contributed by atoms with Gasteiger partial charge in [0.1, 0.15) is 24.1 Å². The zero-order chi connectivity index (χ0) is 17.7. The number of sulfonamides is 1. The number of nitrogens with one attached hydrogen (secondary N) is 1. The summed E-state index contributed by atoms with van der Waals surface area (Å²) >= 11 is 0. The molecule has 132 valence electrons. The Bertz CT molecular complexity index is 701. The maximum Gasteiger partial charge on any atom is 0.244 e. The fourth-order valence-corrected chi connectivity index (χ4v) is 3.57. The predicted octanol–water partition coefficient (Wildman–Crippen LogP) is 0.141. The summed E-state index contributed by atoms with van der Waals surface area (Å²) in [5.74, 6) is 0.290. The molecule has 1 saturated heterocycles. The van der Waals surface area contributed by atoms with Crippen LogP contribution in [0.2, 0.25) is 0 Å². The van der Waals surface area contributed by atoms with Gasteiger partial charge >= 0.3 is 0 Å². The Morgan fingerprint density at radius 1 is 1.29 bits per heavy atom. The Morgan fingerprint density at radius 3 is 2.50 bits per heavy atom. The van der Waals surface area contributed by atoms with Gasteiger partial charge in [-0.1, -0.05) is 0 Å². The lowest BCUT2D eigenvalue weighted by Gasteiger charge is -2.21. The number of hydrogen-bond donors (Lipinski definition) is 1. The summed E-state index contributed by atoms with van der Waals surface area (Å²) < 4.78 is 34.4. The highest BCUT2D eigenvalue weighted by molar-refractivity contribution is 7.89. The Labute approximate surface area is 140 Å². The number of carbonyl (C=O) groups excluding carboxylic acids is 2. The Hall–Kier alpha value is -2.29. The van der Waals surface area contributed by atoms with Gasteiger partial charge in [0.25, 0.3) is 0 Å². The molecule has 0 spiro atoms. The molecule has 24 heavy (non-hydrogen) atoms. The van der Waals surface area contributed by atoms with Crippen molar-refractivity contribution in [3.63, 3.8) is 0 Å². The number of methoxy groups -OCH3 is 1. The molecule has 1 aliphatic rings. The van der Waals surface area contributed by atoms with E-state index >= 15 is 0 Å². The summed E-state index contributed by atoms with van der Waals surface area (Å²) in [6, 6.07) is 6.00. The third kappa shape index (κ3) is 4.38. The second-order valence-corrected chi connectivity index (χ2v) is 7.18. The van der Waals surface area contributed by atoms with Crippen molar-refractivity contribution in [2.45, 2.75) is 18.9 Å². The first-order chi connectivity index (χ1) is 11.3. The van der Waals surface area contributed by atoms with Gasteiger partial charge in [0, 0.05) is 6.42 Å². The molecule has 9 heteroatoms. The number of carbonyl (C=O) groups is 2. The quantitative estimate of drug-likeness (QED) is 0.697. The fraction of sp³-hybridized carbons (Fsp3) is 0.467. The zero-order valence-corrected chi connectivity index (χ0v) is 14.3. The van der Waals surface area contributed by atoms with E-state index in [0.717, 1.165) is 6.26 Å². The van der Waals surface area contributed by atoms with Gasteiger partial charge in [-0.2, -0.15) is 0 Å². The number of ether oxygens (including phenoxy) is 2. The normalized spacial score (nSPS) is 17.7. The molecular formula is C15H20N2O6S. The molecule has 0 radical (unpaired) electrons. The molecule has 1 atom stereocenters. The third-order valence-corrected chi connectivity index (χ3v) is 4.72. The number of hydrogen-bond acceptors (Lipinski definition) is 6. The van der Waals surface area contributed by atoms with E-state index < -0.39 is 27.9 Å². The average Bonchev–Trinajstić information content (AvgIpc) is 2.94. The van der Waals surface area contributed by atoms with Gasteiger partial charge in [0.2, 0.25) is 21.8 Å². The van der Waals surface area contributed by atoms with Crippen LogP contribution in [0.5, 0.6) is 11.5 Å². The molecule has 0 aromatic heterocycles. The first-order valence-corrected chi connectivity index (χ1v) is 9.24. The highest BCUT2D eigenvalue weighted by atomic mass is 32.2. The van der Waals surface area contributed by atoms with Crippen LogP contribution in [-0.2, 0) is 19.6 Å². The van der Waals surface area contributed by atoms with E-state index in [-0.39, 0.29) is 26.0 Å². The smallest absolute Gasteiger partial charge is 0.244 e. The number of rotatable bonds is 7. The molecule has 8 nitrogen and oxygen atoms in total. The van der Waals surface area contributed by atoms with E-state index in [1.54, 1.807) is 31.4 Å². The first kappa shape index (κ1) is 18.1. The summed E-state index contributed by atoms with van der Waals surface area (Å²) in [6.07, 6.45) is 1.16. The van der Waals surface area contributed by atoms with Crippen molar-refractivity contribution in [3.8, 4) is 11.5 Å². The van der Waals surface area contributed by atoms with Crippen molar-refractivity contribution in [2.75, 3.05) is 26.5 Å². The Morgan fingerprint density at radius 2 is 1.92 bits per heavy atom. The molecule has 0 bridgehead atoms. The van der Waals surface area contributed by atoms with E-state index in [4.69, 9.17) is 9.47 Å². The Kier molecular flexibility index (Phi) is 5.66. The molecule has 1 unspecified atom stereocenters. The lowest BCUT2D eigenvalue weighted by atomic mass is 10.2. The minimum absolute atomic E-state index is 0.0491. The number of amides is 2. The van der Waals surface area contributed by atoms with E-state index in [2.05, 4.69) is 5.32 Å². The van der Waals surface area contributed by atoms with Crippen LogP contribution in [0.15, 0.2) is 24.3 Å². The van der Waals surface area contributed by atoms with Crippen molar-refractivity contribution in [2.24, 2.45) is 0 Å². The first-order valence-electron chi connectivity index (χ1n) is 7.39. The van der Waals surface area contributed by atoms with Gasteiger partial charge < -0.3 is 14.8 Å². The van der Waals surface area contributed by atoms with E-state index in [0.29, 0.717) is 15.8 Å². The van der Waals surface area contributed by atoms with Crippen molar-refractivity contribution in [3.05, 3.63) is 24.3 Å². The summed E-state index contributed by atoms with van der Waals surface area (Å²) in [7, 11) is -2.18. The topological polar surface area (TPSA) is 102 Å². The van der Waals surface area contributed by atoms with Crippen LogP contribution in [0, 0.1) is 0 Å². The van der Waals surface area contributed by atoms with Gasteiger partial charge in [-0.05, 0) is 30.7 Å². The fourth-order valence-electron chi connectivity index (χ4n) is 2.45. The maximum absolute atomic E-state index is 12.1. The van der Waals surface area contributed by atoms with Crippen LogP contribution >= 0.6 is 0 Å². The van der Waals surface area contributed by atoms with Crippen molar-refractivity contribution >= 4 is 21.8 Å². The predicted molar refractivity (Wildman–Crippen MR) is 86.2 cm³/mol. The summed E-state index contributed by atoms with van der Waals surface area (Å²) in [5, 5.41) is 2.59. The van der Waals surface area contributed by atoms with Crippen LogP contribution < -0.4 is 14.8 Å². The molecule has 2 rings (SSSR count). The molecular weight excluding hydrogens is 336 g/mol. The van der Waals surface area contributed by atoms with Crippen molar-refractivity contribution in [1.29, 1.82) is 0 Å². The summed E-state index contributed by atoms with van der Waals surface area (Å²) in [4.78, 5) is 23.7. The largest absolute Gasteiger partial charge is 0.497 e. The highest BCUT2D eigenvalue weighted by Crippen LogP contribution is 2.22. The minimum Gasteiger partial charge on any atom is -0.497 e. The standard InChI is InChI=1S/C15H20N2O6S/c1-22-11-3-5-12(6-4-11)23-10-9-16-15(19)13-7-8-14(18)17(13)24(2,20)21/h3-6,13H,7-10H2,1-2H3,(H,16,19). The second-order valence-electron chi connectivity index (χ2n) is 5.32. The second kappa shape index (κ2) is 7.52. The molecule has 0 saturated carbocycles. The summed E-state index contributed by atoms with van der Waals surface area (Å²) in [6.45, 7) is 0.421. The minimum atomic E-state index is -3.75. The molecule has 0 aliphatic carbocycles. The van der Waals surface area contributed by atoms with E-state index in [9.17, 15) is 18.0 Å². The lowest BCUT2D eigenvalue weighted by molar-refractivity contribution is -0.130. The van der Waals surface area contributed by atoms with Crippen LogP contribution in [0.4, 0.5) is 0 Å². The SMILES string of the molecule is COc1ccc(OCCNC(=O)C2CCC(=O)N2S(C)(=O)=O)cc1. The van der Waals surface area contributed by atoms with Gasteiger partial charge in [0.15, 0.2) is 0 Å². The van der Waals surface area contributed by atoms with Gasteiger partial charge in [-0.25, -0.2) is 12.7 Å². The van der Waals surface area contributed by atoms with Crippen molar-refractivity contribution < 1.29 is 27.5 Å². The summed E-state index contributed by atoms with van der Waals surface area (Å²) in [5.41, 5.74) is 0. The maximum atomic E-state index is 12.1. The molecule has 2 amide bonds. The third-order valence-electron chi connectivity index (χ3n) is 3.55. The molecule has 1 N–H and O–H groups in total. The number of nitrogens with zero attached hydrogens (tertiary/aromatic N) is 1. The molecule has 1 aliphatic heterocycles. The van der Waals surface area contributed by atoms with Crippen LogP contribution in [0.3, 0.4) is 0 Å². The van der Waals surface area contributed by atoms with Gasteiger partial charge in [-0.15, -0.1) is 0 Å². The molecule has 1 aromatic carbocycles. The zero-order valence-electron chi connectivity index (χ0n) is 13.5. The molecule has 1 heterocycles. The monoisotopic (exact) mass is 356 g/mol. The molecule has 1 fully saturated rings. The van der Waals surface area contributed by atoms with Gasteiger partial charge in [-0.3, -0.25) is 9.59 Å². The van der Waals surface area contributed by atoms with Gasteiger partial charge in [0.05, 0.1) is 19.9 Å². The lowest BCUT2D eigenvalue weighted by Crippen LogP contribution is -2.47.